The lowest BCUT2D eigenvalue weighted by Gasteiger charge is -2.04. The Morgan fingerprint density at radius 3 is 3.00 bits per heavy atom. The van der Waals surface area contributed by atoms with Gasteiger partial charge in [-0.1, -0.05) is 0 Å². The van der Waals surface area contributed by atoms with Crippen LogP contribution in [0.4, 0.5) is 0 Å². The fourth-order valence-electron chi connectivity index (χ4n) is 1.61. The molecular formula is C11H14N2OS. The fourth-order valence-corrected chi connectivity index (χ4v) is 2.38. The van der Waals surface area contributed by atoms with E-state index in [1.807, 2.05) is 23.7 Å². The number of hydrogen-bond acceptors (Lipinski definition) is 3. The lowest BCUT2D eigenvalue weighted by molar-refractivity contribution is 0.602. The molecule has 2 heterocycles. The predicted molar refractivity (Wildman–Crippen MR) is 64.4 cm³/mol. The van der Waals surface area contributed by atoms with E-state index in [1.54, 1.807) is 15.9 Å². The molecule has 4 heteroatoms. The molecule has 0 saturated heterocycles. The molecule has 0 aliphatic rings. The van der Waals surface area contributed by atoms with Crippen molar-refractivity contribution in [3.8, 4) is 0 Å². The van der Waals surface area contributed by atoms with Crippen molar-refractivity contribution in [3.05, 3.63) is 34.1 Å². The molecule has 0 bridgehead atoms. The van der Waals surface area contributed by atoms with Crippen molar-refractivity contribution >= 4 is 21.4 Å². The van der Waals surface area contributed by atoms with Gasteiger partial charge in [-0.05, 0) is 36.9 Å². The summed E-state index contributed by atoms with van der Waals surface area (Å²) in [5, 5.41) is 2.78. The maximum atomic E-state index is 11.9. The third kappa shape index (κ3) is 2.11. The van der Waals surface area contributed by atoms with E-state index in [9.17, 15) is 4.79 Å². The Morgan fingerprint density at radius 2 is 2.20 bits per heavy atom. The summed E-state index contributed by atoms with van der Waals surface area (Å²) in [6.07, 6.45) is 3.80. The topological polar surface area (TPSA) is 48.0 Å². The molecule has 80 valence electrons. The summed E-state index contributed by atoms with van der Waals surface area (Å²) in [6.45, 7) is 1.46. The van der Waals surface area contributed by atoms with Crippen LogP contribution in [0, 0.1) is 0 Å². The van der Waals surface area contributed by atoms with Gasteiger partial charge in [0.1, 0.15) is 0 Å². The van der Waals surface area contributed by atoms with Crippen molar-refractivity contribution in [2.75, 3.05) is 6.54 Å². The highest BCUT2D eigenvalue weighted by atomic mass is 32.1. The van der Waals surface area contributed by atoms with Gasteiger partial charge in [0, 0.05) is 17.4 Å². The highest BCUT2D eigenvalue weighted by Gasteiger charge is 2.02. The van der Waals surface area contributed by atoms with Gasteiger partial charge >= 0.3 is 0 Å². The minimum absolute atomic E-state index is 0.116. The molecule has 0 aliphatic carbocycles. The number of rotatable bonds is 4. The van der Waals surface area contributed by atoms with E-state index in [4.69, 9.17) is 5.73 Å². The molecule has 2 rings (SSSR count). The first kappa shape index (κ1) is 10.4. The number of thiophene rings is 1. The van der Waals surface area contributed by atoms with Gasteiger partial charge in [-0.2, -0.15) is 0 Å². The van der Waals surface area contributed by atoms with Crippen LogP contribution in [0.3, 0.4) is 0 Å². The van der Waals surface area contributed by atoms with E-state index in [2.05, 4.69) is 0 Å². The summed E-state index contributed by atoms with van der Waals surface area (Å²) in [4.78, 5) is 11.9. The van der Waals surface area contributed by atoms with Crippen LogP contribution in [-0.4, -0.2) is 11.1 Å². The number of hydrogen-bond donors (Lipinski definition) is 1. The molecule has 2 aromatic rings. The van der Waals surface area contributed by atoms with E-state index in [0.29, 0.717) is 6.54 Å². The minimum atomic E-state index is 0.116. The number of fused-ring (bicyclic) bond motifs is 1. The summed E-state index contributed by atoms with van der Waals surface area (Å²) < 4.78 is 2.83. The third-order valence-corrected chi connectivity index (χ3v) is 3.33. The van der Waals surface area contributed by atoms with Crippen LogP contribution in [-0.2, 0) is 6.54 Å². The number of nitrogens with two attached hydrogens (primary N) is 1. The molecule has 0 saturated carbocycles. The zero-order valence-electron chi connectivity index (χ0n) is 8.48. The molecule has 15 heavy (non-hydrogen) atoms. The molecule has 0 aliphatic heterocycles. The summed E-state index contributed by atoms with van der Waals surface area (Å²) in [5.41, 5.74) is 5.54. The van der Waals surface area contributed by atoms with Gasteiger partial charge in [-0.25, -0.2) is 0 Å². The van der Waals surface area contributed by atoms with Crippen LogP contribution in [0.5, 0.6) is 0 Å². The number of nitrogens with zero attached hydrogens (tertiary/aromatic N) is 1. The Morgan fingerprint density at radius 1 is 1.33 bits per heavy atom. The van der Waals surface area contributed by atoms with E-state index in [1.165, 1.54) is 0 Å². The second kappa shape index (κ2) is 4.59. The van der Waals surface area contributed by atoms with Crippen molar-refractivity contribution in [1.82, 2.24) is 4.57 Å². The average Bonchev–Trinajstić information content (AvgIpc) is 2.70. The molecule has 0 amide bonds. The Labute approximate surface area is 92.1 Å². The van der Waals surface area contributed by atoms with Gasteiger partial charge in [0.25, 0.3) is 5.56 Å². The van der Waals surface area contributed by atoms with Crippen LogP contribution >= 0.6 is 11.3 Å². The molecule has 2 N–H and O–H groups in total. The molecule has 0 atom stereocenters. The standard InChI is InChI=1S/C11H14N2OS/c12-5-1-2-6-13-7-3-10-9(11(13)14)4-8-15-10/h3-4,7-8H,1-2,5-6,12H2. The average molecular weight is 222 g/mol. The van der Waals surface area contributed by atoms with E-state index in [0.717, 1.165) is 29.5 Å². The zero-order chi connectivity index (χ0) is 10.7. The monoisotopic (exact) mass is 222 g/mol. The molecule has 0 fully saturated rings. The predicted octanol–water partition coefficient (Wildman–Crippen LogP) is 1.80. The summed E-state index contributed by atoms with van der Waals surface area (Å²) in [6, 6.07) is 3.89. The van der Waals surface area contributed by atoms with E-state index in [-0.39, 0.29) is 5.56 Å². The van der Waals surface area contributed by atoms with Gasteiger partial charge in [0.05, 0.1) is 5.39 Å². The Hall–Kier alpha value is -1.13. The SMILES string of the molecule is NCCCCn1ccc2sccc2c1=O. The summed E-state index contributed by atoms with van der Waals surface area (Å²) >= 11 is 1.61. The summed E-state index contributed by atoms with van der Waals surface area (Å²) in [7, 11) is 0. The van der Waals surface area contributed by atoms with Crippen molar-refractivity contribution in [2.45, 2.75) is 19.4 Å². The fraction of sp³-hybridized carbons (Fsp3) is 0.364. The van der Waals surface area contributed by atoms with Crippen LogP contribution in [0.1, 0.15) is 12.8 Å². The van der Waals surface area contributed by atoms with Crippen molar-refractivity contribution < 1.29 is 0 Å². The van der Waals surface area contributed by atoms with Crippen molar-refractivity contribution in [2.24, 2.45) is 5.73 Å². The first-order valence-corrected chi connectivity index (χ1v) is 5.97. The lowest BCUT2D eigenvalue weighted by atomic mass is 10.3. The van der Waals surface area contributed by atoms with Crippen LogP contribution in [0.15, 0.2) is 28.5 Å². The van der Waals surface area contributed by atoms with Crippen LogP contribution in [0.2, 0.25) is 0 Å². The maximum absolute atomic E-state index is 11.9. The van der Waals surface area contributed by atoms with Crippen molar-refractivity contribution in [3.63, 3.8) is 0 Å². The molecule has 0 unspecified atom stereocenters. The van der Waals surface area contributed by atoms with Gasteiger partial charge in [0.2, 0.25) is 0 Å². The summed E-state index contributed by atoms with van der Waals surface area (Å²) in [5.74, 6) is 0. The second-order valence-electron chi connectivity index (χ2n) is 3.51. The quantitative estimate of drug-likeness (QED) is 0.802. The molecule has 0 aromatic carbocycles. The van der Waals surface area contributed by atoms with Crippen LogP contribution in [0.25, 0.3) is 10.1 Å². The smallest absolute Gasteiger partial charge is 0.259 e. The van der Waals surface area contributed by atoms with Gasteiger partial charge in [-0.3, -0.25) is 4.79 Å². The van der Waals surface area contributed by atoms with Crippen molar-refractivity contribution in [1.29, 1.82) is 0 Å². The minimum Gasteiger partial charge on any atom is -0.330 e. The van der Waals surface area contributed by atoms with E-state index < -0.39 is 0 Å². The molecule has 2 aromatic heterocycles. The highest BCUT2D eigenvalue weighted by molar-refractivity contribution is 7.17. The number of aryl methyl sites for hydroxylation is 1. The number of pyridine rings is 1. The lowest BCUT2D eigenvalue weighted by Crippen LogP contribution is -2.19. The second-order valence-corrected chi connectivity index (χ2v) is 4.46. The number of unbranched alkanes of at least 4 members (excludes halogenated alkanes) is 1. The third-order valence-electron chi connectivity index (χ3n) is 2.45. The van der Waals surface area contributed by atoms with E-state index >= 15 is 0 Å². The first-order valence-electron chi connectivity index (χ1n) is 5.09. The van der Waals surface area contributed by atoms with Gasteiger partial charge < -0.3 is 10.3 Å². The Bertz CT molecular complexity index is 501. The van der Waals surface area contributed by atoms with Gasteiger partial charge in [0.15, 0.2) is 0 Å². The number of aromatic nitrogens is 1. The highest BCUT2D eigenvalue weighted by Crippen LogP contribution is 2.16. The largest absolute Gasteiger partial charge is 0.330 e. The molecule has 0 radical (unpaired) electrons. The maximum Gasteiger partial charge on any atom is 0.259 e. The molecule has 0 spiro atoms. The Kier molecular flexibility index (Phi) is 3.18. The van der Waals surface area contributed by atoms with Crippen LogP contribution < -0.4 is 11.3 Å². The molecular weight excluding hydrogens is 208 g/mol. The Balaban J connectivity index is 2.28. The van der Waals surface area contributed by atoms with Gasteiger partial charge in [-0.15, -0.1) is 11.3 Å². The first-order chi connectivity index (χ1) is 7.33. The molecule has 3 nitrogen and oxygen atoms in total. The zero-order valence-corrected chi connectivity index (χ0v) is 9.30. The normalized spacial score (nSPS) is 11.0.